The van der Waals surface area contributed by atoms with E-state index in [4.69, 9.17) is 9.31 Å². The van der Waals surface area contributed by atoms with Crippen molar-refractivity contribution in [2.45, 2.75) is 77.8 Å². The van der Waals surface area contributed by atoms with Crippen molar-refractivity contribution in [3.05, 3.63) is 22.9 Å². The minimum Gasteiger partial charge on any atom is -0.399 e. The van der Waals surface area contributed by atoms with Gasteiger partial charge in [-0.15, -0.1) is 0 Å². The summed E-state index contributed by atoms with van der Waals surface area (Å²) < 4.78 is 13.1. The van der Waals surface area contributed by atoms with Crippen LogP contribution in [0.1, 0.15) is 55.4 Å². The molecule has 0 unspecified atom stereocenters. The Morgan fingerprint density at radius 3 is 1.62 bits per heavy atom. The zero-order valence-corrected chi connectivity index (χ0v) is 17.4. The van der Waals surface area contributed by atoms with Gasteiger partial charge in [-0.2, -0.15) is 0 Å². The van der Waals surface area contributed by atoms with Gasteiger partial charge in [-0.25, -0.2) is 0 Å². The quantitative estimate of drug-likeness (QED) is 0.687. The highest BCUT2D eigenvalue weighted by Gasteiger charge is 2.45. The van der Waals surface area contributed by atoms with Crippen LogP contribution in [-0.4, -0.2) is 44.7 Å². The molecule has 0 bridgehead atoms. The summed E-state index contributed by atoms with van der Waals surface area (Å²) in [5, 5.41) is 20.8. The largest absolute Gasteiger partial charge is 0.496 e. The third-order valence-electron chi connectivity index (χ3n) is 4.75. The second-order valence-corrected chi connectivity index (χ2v) is 9.06. The van der Waals surface area contributed by atoms with Gasteiger partial charge in [-0.05, 0) is 77.4 Å². The first-order chi connectivity index (χ1) is 10.6. The fraction of sp³-hybridized carbons (Fsp3) is 0.706. The second-order valence-electron chi connectivity index (χ2n) is 8.14. The Balaban J connectivity index is 3.23. The molecule has 0 radical (unpaired) electrons. The van der Waals surface area contributed by atoms with E-state index in [9.17, 15) is 10.2 Å². The summed E-state index contributed by atoms with van der Waals surface area (Å²) in [7, 11) is -0.808. The SMILES string of the molecule is CC(C)(O)C(C)(C)OB(OC(C)(C)C(C)(C)O)c1cncc(Br)c1. The van der Waals surface area contributed by atoms with Gasteiger partial charge in [0.25, 0.3) is 0 Å². The smallest absolute Gasteiger partial charge is 0.399 e. The second kappa shape index (κ2) is 7.04. The first-order valence-electron chi connectivity index (χ1n) is 7.98. The van der Waals surface area contributed by atoms with Crippen molar-refractivity contribution >= 4 is 28.5 Å². The first-order valence-corrected chi connectivity index (χ1v) is 8.77. The number of nitrogens with zero attached hydrogens (tertiary/aromatic N) is 1. The van der Waals surface area contributed by atoms with Gasteiger partial charge < -0.3 is 19.5 Å². The average molecular weight is 402 g/mol. The highest BCUT2D eigenvalue weighted by Crippen LogP contribution is 2.30. The molecule has 0 saturated heterocycles. The van der Waals surface area contributed by atoms with Crippen LogP contribution in [0.5, 0.6) is 0 Å². The molecule has 0 aliphatic rings. The van der Waals surface area contributed by atoms with E-state index in [1.54, 1.807) is 67.8 Å². The zero-order valence-electron chi connectivity index (χ0n) is 15.8. The van der Waals surface area contributed by atoms with E-state index in [2.05, 4.69) is 20.9 Å². The van der Waals surface area contributed by atoms with Gasteiger partial charge >= 0.3 is 7.12 Å². The lowest BCUT2D eigenvalue weighted by Gasteiger charge is -2.43. The van der Waals surface area contributed by atoms with Crippen LogP contribution in [0.25, 0.3) is 0 Å². The van der Waals surface area contributed by atoms with E-state index in [-0.39, 0.29) is 0 Å². The highest BCUT2D eigenvalue weighted by atomic mass is 79.9. The lowest BCUT2D eigenvalue weighted by atomic mass is 9.74. The molecule has 5 nitrogen and oxygen atoms in total. The lowest BCUT2D eigenvalue weighted by Crippen LogP contribution is -2.58. The number of hydrogen-bond donors (Lipinski definition) is 2. The molecule has 1 aromatic heterocycles. The van der Waals surface area contributed by atoms with Crippen LogP contribution in [0.15, 0.2) is 22.9 Å². The van der Waals surface area contributed by atoms with Crippen LogP contribution in [0.3, 0.4) is 0 Å². The van der Waals surface area contributed by atoms with Gasteiger partial charge in [0.1, 0.15) is 0 Å². The Kier molecular flexibility index (Phi) is 6.33. The standard InChI is InChI=1S/C17H29BBrNO4/c1-14(2,21)16(5,6)23-18(12-9-13(19)11-20-10-12)24-17(7,8)15(3,4)22/h9-11,21-22H,1-8H3. The molecule has 136 valence electrons. The molecule has 24 heavy (non-hydrogen) atoms. The summed E-state index contributed by atoms with van der Waals surface area (Å²) in [5.74, 6) is 0. The van der Waals surface area contributed by atoms with E-state index in [0.717, 1.165) is 4.47 Å². The predicted octanol–water partition coefficient (Wildman–Crippen LogP) is 2.67. The summed E-state index contributed by atoms with van der Waals surface area (Å²) in [6.45, 7) is 13.9. The van der Waals surface area contributed by atoms with Gasteiger partial charge in [0.15, 0.2) is 0 Å². The van der Waals surface area contributed by atoms with Crippen LogP contribution in [0.2, 0.25) is 0 Å². The monoisotopic (exact) mass is 401 g/mol. The molecule has 1 rings (SSSR count). The van der Waals surface area contributed by atoms with Gasteiger partial charge in [-0.1, -0.05) is 0 Å². The fourth-order valence-corrected chi connectivity index (χ4v) is 1.92. The average Bonchev–Trinajstić information content (AvgIpc) is 2.34. The summed E-state index contributed by atoms with van der Waals surface area (Å²) in [5.41, 5.74) is -3.27. The van der Waals surface area contributed by atoms with Gasteiger partial charge in [-0.3, -0.25) is 4.98 Å². The van der Waals surface area contributed by atoms with Gasteiger partial charge in [0.05, 0.1) is 22.4 Å². The molecule has 1 heterocycles. The number of halogens is 1. The number of aromatic nitrogens is 1. The molecule has 0 amide bonds. The van der Waals surface area contributed by atoms with Crippen LogP contribution >= 0.6 is 15.9 Å². The zero-order chi connectivity index (χ0) is 19.0. The van der Waals surface area contributed by atoms with Crippen molar-refractivity contribution in [2.24, 2.45) is 0 Å². The fourth-order valence-electron chi connectivity index (χ4n) is 1.54. The van der Waals surface area contributed by atoms with Crippen molar-refractivity contribution in [1.29, 1.82) is 0 Å². The lowest BCUT2D eigenvalue weighted by molar-refractivity contribution is -0.132. The Hall–Kier alpha value is -0.465. The summed E-state index contributed by atoms with van der Waals surface area (Å²) in [6, 6.07) is 1.85. The third kappa shape index (κ3) is 5.26. The third-order valence-corrected chi connectivity index (χ3v) is 5.18. The van der Waals surface area contributed by atoms with Crippen molar-refractivity contribution in [1.82, 2.24) is 4.98 Å². The van der Waals surface area contributed by atoms with Crippen molar-refractivity contribution in [2.75, 3.05) is 0 Å². The van der Waals surface area contributed by atoms with Crippen molar-refractivity contribution in [3.8, 4) is 0 Å². The summed E-state index contributed by atoms with van der Waals surface area (Å²) >= 11 is 3.40. The maximum Gasteiger partial charge on any atom is 0.496 e. The van der Waals surface area contributed by atoms with Gasteiger partial charge in [0, 0.05) is 22.3 Å². The van der Waals surface area contributed by atoms with Crippen LogP contribution in [0, 0.1) is 0 Å². The molecule has 0 saturated carbocycles. The minimum absolute atomic E-state index is 0.694. The number of pyridine rings is 1. The van der Waals surface area contributed by atoms with Crippen LogP contribution < -0.4 is 5.46 Å². The molecule has 0 atom stereocenters. The van der Waals surface area contributed by atoms with Crippen LogP contribution in [-0.2, 0) is 9.31 Å². The first kappa shape index (κ1) is 21.6. The van der Waals surface area contributed by atoms with E-state index >= 15 is 0 Å². The Labute approximate surface area is 154 Å². The molecule has 0 aromatic carbocycles. The van der Waals surface area contributed by atoms with Crippen LogP contribution in [0.4, 0.5) is 0 Å². The molecule has 2 N–H and O–H groups in total. The molecule has 0 spiro atoms. The topological polar surface area (TPSA) is 71.8 Å². The van der Waals surface area contributed by atoms with E-state index in [0.29, 0.717) is 5.46 Å². The molecular weight excluding hydrogens is 373 g/mol. The minimum atomic E-state index is -1.09. The Morgan fingerprint density at radius 1 is 0.875 bits per heavy atom. The van der Waals surface area contributed by atoms with Crippen molar-refractivity contribution < 1.29 is 19.5 Å². The summed E-state index contributed by atoms with van der Waals surface area (Å²) in [6.07, 6.45) is 3.32. The summed E-state index contributed by atoms with van der Waals surface area (Å²) in [4.78, 5) is 4.16. The molecule has 1 aromatic rings. The number of hydrogen-bond acceptors (Lipinski definition) is 5. The molecule has 0 aliphatic heterocycles. The maximum absolute atomic E-state index is 10.4. The molecule has 0 aliphatic carbocycles. The highest BCUT2D eigenvalue weighted by molar-refractivity contribution is 9.10. The van der Waals surface area contributed by atoms with Crippen molar-refractivity contribution in [3.63, 3.8) is 0 Å². The Morgan fingerprint density at radius 2 is 1.29 bits per heavy atom. The van der Waals surface area contributed by atoms with Gasteiger partial charge in [0.2, 0.25) is 0 Å². The predicted molar refractivity (Wildman–Crippen MR) is 100 cm³/mol. The van der Waals surface area contributed by atoms with E-state index < -0.39 is 29.5 Å². The molecule has 7 heteroatoms. The number of rotatable bonds is 7. The molecule has 0 fully saturated rings. The Bertz CT molecular complexity index is 536. The van der Waals surface area contributed by atoms with E-state index in [1.165, 1.54) is 0 Å². The van der Waals surface area contributed by atoms with E-state index in [1.807, 2.05) is 6.07 Å². The number of aliphatic hydroxyl groups is 2. The maximum atomic E-state index is 10.4. The normalized spacial score (nSPS) is 14.0. The molecular formula is C17H29BBrNO4.